The van der Waals surface area contributed by atoms with Gasteiger partial charge in [0.2, 0.25) is 15.9 Å². The average molecular weight is 475 g/mol. The molecule has 172 valence electrons. The molecule has 4 rings (SSSR count). The number of nitrogens with zero attached hydrogens (tertiary/aromatic N) is 3. The van der Waals surface area contributed by atoms with E-state index in [9.17, 15) is 13.2 Å². The van der Waals surface area contributed by atoms with E-state index >= 15 is 0 Å². The smallest absolute Gasteiger partial charge is 0.244 e. The summed E-state index contributed by atoms with van der Waals surface area (Å²) in [4.78, 5) is 19.2. The number of benzene rings is 1. The van der Waals surface area contributed by atoms with Gasteiger partial charge in [0.25, 0.3) is 0 Å². The number of rotatable bonds is 7. The molecule has 0 aliphatic carbocycles. The van der Waals surface area contributed by atoms with E-state index in [0.717, 1.165) is 31.6 Å². The second kappa shape index (κ2) is 10.7. The van der Waals surface area contributed by atoms with E-state index < -0.39 is 10.0 Å². The summed E-state index contributed by atoms with van der Waals surface area (Å²) >= 11 is 1.29. The molecular formula is C23H30N4O3S2. The van der Waals surface area contributed by atoms with Crippen molar-refractivity contribution in [3.63, 3.8) is 0 Å². The molecule has 32 heavy (non-hydrogen) atoms. The summed E-state index contributed by atoms with van der Waals surface area (Å²) in [5.41, 5.74) is 1.97. The first-order chi connectivity index (χ1) is 15.5. The van der Waals surface area contributed by atoms with Crippen LogP contribution in [0.1, 0.15) is 38.5 Å². The van der Waals surface area contributed by atoms with E-state index in [0.29, 0.717) is 18.1 Å². The normalized spacial score (nSPS) is 17.8. The fraction of sp³-hybridized carbons (Fsp3) is 0.478. The van der Waals surface area contributed by atoms with Crippen LogP contribution in [0.4, 0.5) is 11.4 Å². The molecule has 2 aliphatic rings. The van der Waals surface area contributed by atoms with Crippen molar-refractivity contribution in [2.24, 2.45) is 0 Å². The van der Waals surface area contributed by atoms with Crippen molar-refractivity contribution in [2.75, 3.05) is 42.1 Å². The van der Waals surface area contributed by atoms with Crippen molar-refractivity contribution >= 4 is 39.1 Å². The molecule has 0 radical (unpaired) electrons. The fourth-order valence-corrected chi connectivity index (χ4v) is 6.21. The van der Waals surface area contributed by atoms with Crippen molar-refractivity contribution in [3.05, 3.63) is 42.6 Å². The number of hydrogen-bond acceptors (Lipinski definition) is 6. The number of anilines is 2. The molecule has 2 saturated heterocycles. The lowest BCUT2D eigenvalue weighted by Crippen LogP contribution is -2.27. The third-order valence-corrected chi connectivity index (χ3v) is 8.71. The second-order valence-electron chi connectivity index (χ2n) is 8.23. The number of pyridine rings is 1. The largest absolute Gasteiger partial charge is 0.372 e. The number of thioether (sulfide) groups is 1. The number of carbonyl (C=O) groups is 1. The summed E-state index contributed by atoms with van der Waals surface area (Å²) in [6.07, 6.45) is 8.24. The quantitative estimate of drug-likeness (QED) is 0.612. The SMILES string of the molecule is O=C(CSc1ccc(S(=O)(=O)N2CCCC2)cn1)Nc1ccc(N2CCCCCC2)cc1. The maximum absolute atomic E-state index is 12.6. The molecular weight excluding hydrogens is 444 g/mol. The molecule has 7 nitrogen and oxygen atoms in total. The lowest BCUT2D eigenvalue weighted by molar-refractivity contribution is -0.113. The Balaban J connectivity index is 1.27. The molecule has 0 spiro atoms. The molecule has 0 saturated carbocycles. The highest BCUT2D eigenvalue weighted by atomic mass is 32.2. The number of sulfonamides is 1. The molecule has 1 N–H and O–H groups in total. The van der Waals surface area contributed by atoms with Crippen LogP contribution in [0.25, 0.3) is 0 Å². The molecule has 1 aromatic carbocycles. The number of aromatic nitrogens is 1. The van der Waals surface area contributed by atoms with Gasteiger partial charge in [-0.05, 0) is 62.1 Å². The Kier molecular flexibility index (Phi) is 7.70. The van der Waals surface area contributed by atoms with Crippen molar-refractivity contribution in [1.82, 2.24) is 9.29 Å². The molecule has 2 fully saturated rings. The molecule has 3 heterocycles. The Labute approximate surface area is 194 Å². The van der Waals surface area contributed by atoms with Gasteiger partial charge in [-0.2, -0.15) is 4.31 Å². The van der Waals surface area contributed by atoms with Gasteiger partial charge in [0.05, 0.1) is 10.8 Å². The third kappa shape index (κ3) is 5.82. The summed E-state index contributed by atoms with van der Waals surface area (Å²) in [7, 11) is -3.46. The maximum Gasteiger partial charge on any atom is 0.244 e. The number of carbonyl (C=O) groups excluding carboxylic acids is 1. The monoisotopic (exact) mass is 474 g/mol. The highest BCUT2D eigenvalue weighted by Crippen LogP contribution is 2.24. The lowest BCUT2D eigenvalue weighted by Gasteiger charge is -2.22. The van der Waals surface area contributed by atoms with Crippen LogP contribution >= 0.6 is 11.8 Å². The number of amides is 1. The van der Waals surface area contributed by atoms with E-state index in [4.69, 9.17) is 0 Å². The minimum atomic E-state index is -3.46. The average Bonchev–Trinajstić information content (AvgIpc) is 3.23. The summed E-state index contributed by atoms with van der Waals surface area (Å²) in [6.45, 7) is 3.32. The first-order valence-corrected chi connectivity index (χ1v) is 13.7. The molecule has 0 bridgehead atoms. The predicted molar refractivity (Wildman–Crippen MR) is 129 cm³/mol. The van der Waals surface area contributed by atoms with Gasteiger partial charge in [0.1, 0.15) is 4.90 Å². The van der Waals surface area contributed by atoms with Crippen LogP contribution in [-0.4, -0.2) is 55.5 Å². The standard InChI is InChI=1S/C23H30N4O3S2/c28-22(25-19-7-9-20(10-8-19)26-13-3-1-2-4-14-26)18-31-23-12-11-21(17-24-23)32(29,30)27-15-5-6-16-27/h7-12,17H,1-6,13-16,18H2,(H,25,28). The zero-order valence-electron chi connectivity index (χ0n) is 18.2. The van der Waals surface area contributed by atoms with Crippen LogP contribution in [0, 0.1) is 0 Å². The Morgan fingerprint density at radius 3 is 2.19 bits per heavy atom. The molecule has 0 unspecified atom stereocenters. The van der Waals surface area contributed by atoms with Gasteiger partial charge in [-0.25, -0.2) is 13.4 Å². The van der Waals surface area contributed by atoms with E-state index in [-0.39, 0.29) is 16.6 Å². The molecule has 9 heteroatoms. The van der Waals surface area contributed by atoms with Gasteiger partial charge < -0.3 is 10.2 Å². The summed E-state index contributed by atoms with van der Waals surface area (Å²) in [6, 6.07) is 11.3. The summed E-state index contributed by atoms with van der Waals surface area (Å²) < 4.78 is 26.6. The van der Waals surface area contributed by atoms with Gasteiger partial charge in [0, 0.05) is 43.8 Å². The van der Waals surface area contributed by atoms with Crippen molar-refractivity contribution in [1.29, 1.82) is 0 Å². The zero-order chi connectivity index (χ0) is 22.4. The summed E-state index contributed by atoms with van der Waals surface area (Å²) in [5.74, 6) is 0.0899. The van der Waals surface area contributed by atoms with Crippen LogP contribution in [-0.2, 0) is 14.8 Å². The van der Waals surface area contributed by atoms with Crippen LogP contribution < -0.4 is 10.2 Å². The van der Waals surface area contributed by atoms with Crippen molar-refractivity contribution in [3.8, 4) is 0 Å². The molecule has 1 aromatic heterocycles. The second-order valence-corrected chi connectivity index (χ2v) is 11.2. The predicted octanol–water partition coefficient (Wildman–Crippen LogP) is 3.98. The van der Waals surface area contributed by atoms with E-state index in [1.54, 1.807) is 12.1 Å². The topological polar surface area (TPSA) is 82.6 Å². The van der Waals surface area contributed by atoms with E-state index in [1.807, 2.05) is 12.1 Å². The zero-order valence-corrected chi connectivity index (χ0v) is 19.8. The third-order valence-electron chi connectivity index (χ3n) is 5.89. The van der Waals surface area contributed by atoms with Gasteiger partial charge >= 0.3 is 0 Å². The van der Waals surface area contributed by atoms with Crippen LogP contribution in [0.5, 0.6) is 0 Å². The van der Waals surface area contributed by atoms with Gasteiger partial charge in [-0.15, -0.1) is 0 Å². The molecule has 2 aliphatic heterocycles. The number of nitrogens with one attached hydrogen (secondary N) is 1. The van der Waals surface area contributed by atoms with Crippen molar-refractivity contribution < 1.29 is 13.2 Å². The van der Waals surface area contributed by atoms with Crippen molar-refractivity contribution in [2.45, 2.75) is 48.4 Å². The van der Waals surface area contributed by atoms with Crippen LogP contribution in [0.2, 0.25) is 0 Å². The first kappa shape index (κ1) is 23.1. The summed E-state index contributed by atoms with van der Waals surface area (Å²) in [5, 5.41) is 3.54. The van der Waals surface area contributed by atoms with E-state index in [1.165, 1.54) is 53.6 Å². The van der Waals surface area contributed by atoms with E-state index in [2.05, 4.69) is 27.3 Å². The molecule has 2 aromatic rings. The lowest BCUT2D eigenvalue weighted by atomic mass is 10.2. The number of hydrogen-bond donors (Lipinski definition) is 1. The van der Waals surface area contributed by atoms with Crippen LogP contribution in [0.15, 0.2) is 52.5 Å². The molecule has 0 atom stereocenters. The fourth-order valence-electron chi connectivity index (χ4n) is 4.10. The molecule has 1 amide bonds. The minimum Gasteiger partial charge on any atom is -0.372 e. The Hall–Kier alpha value is -2.10. The van der Waals surface area contributed by atoms with Gasteiger partial charge in [-0.3, -0.25) is 4.79 Å². The van der Waals surface area contributed by atoms with Gasteiger partial charge in [0.15, 0.2) is 0 Å². The minimum absolute atomic E-state index is 0.118. The first-order valence-electron chi connectivity index (χ1n) is 11.3. The van der Waals surface area contributed by atoms with Gasteiger partial charge in [-0.1, -0.05) is 24.6 Å². The van der Waals surface area contributed by atoms with Crippen LogP contribution in [0.3, 0.4) is 0 Å². The Morgan fingerprint density at radius 2 is 1.56 bits per heavy atom. The Bertz CT molecular complexity index is 997. The highest BCUT2D eigenvalue weighted by Gasteiger charge is 2.27. The maximum atomic E-state index is 12.6. The Morgan fingerprint density at radius 1 is 0.906 bits per heavy atom. The highest BCUT2D eigenvalue weighted by molar-refractivity contribution is 7.99.